The topological polar surface area (TPSA) is 114 Å². The van der Waals surface area contributed by atoms with E-state index in [0.29, 0.717) is 19.6 Å². The van der Waals surface area contributed by atoms with E-state index >= 15 is 0 Å². The van der Waals surface area contributed by atoms with E-state index < -0.39 is 11.9 Å². The maximum absolute atomic E-state index is 12.1. The number of nitrogens with one attached hydrogen (secondary N) is 2. The zero-order chi connectivity index (χ0) is 18.9. The minimum Gasteiger partial charge on any atom is -0.496 e. The molecule has 0 aromatic heterocycles. The minimum absolute atomic E-state index is 0.0262. The lowest BCUT2D eigenvalue weighted by molar-refractivity contribution is -0.133. The van der Waals surface area contributed by atoms with Crippen molar-refractivity contribution in [3.63, 3.8) is 0 Å². The molecule has 0 unspecified atom stereocenters. The van der Waals surface area contributed by atoms with Gasteiger partial charge in [0, 0.05) is 25.2 Å². The van der Waals surface area contributed by atoms with Crippen molar-refractivity contribution in [3.8, 4) is 5.75 Å². The summed E-state index contributed by atoms with van der Waals surface area (Å²) >= 11 is 0. The molecule has 0 spiro atoms. The van der Waals surface area contributed by atoms with Gasteiger partial charge >= 0.3 is 0 Å². The standard InChI is InChI=1S/C18H24N4O4/c1-26-15-7-3-2-5-13(15)6-4-9-22-10-8-20-18(25)14(22)11-17(24)21-12-16(19)23/h2-7,14H,8-12H2,1H3,(H2,19,23)(H,20,25)(H,21,24)/b6-4+/t14-/m1/s1. The number of amides is 3. The van der Waals surface area contributed by atoms with Crippen LogP contribution in [-0.4, -0.2) is 62.0 Å². The number of rotatable bonds is 8. The van der Waals surface area contributed by atoms with Gasteiger partial charge in [0.15, 0.2) is 0 Å². The zero-order valence-electron chi connectivity index (χ0n) is 14.7. The second kappa shape index (κ2) is 9.57. The van der Waals surface area contributed by atoms with Crippen LogP contribution in [0, 0.1) is 0 Å². The lowest BCUT2D eigenvalue weighted by Crippen LogP contribution is -2.56. The molecule has 1 fully saturated rings. The third-order valence-electron chi connectivity index (χ3n) is 4.06. The summed E-state index contributed by atoms with van der Waals surface area (Å²) in [6.45, 7) is 1.44. The zero-order valence-corrected chi connectivity index (χ0v) is 14.7. The van der Waals surface area contributed by atoms with E-state index in [-0.39, 0.29) is 24.8 Å². The van der Waals surface area contributed by atoms with Crippen LogP contribution in [0.5, 0.6) is 5.75 Å². The number of ether oxygens (including phenoxy) is 1. The molecule has 2 rings (SSSR count). The van der Waals surface area contributed by atoms with Gasteiger partial charge in [-0.05, 0) is 6.07 Å². The molecule has 1 aliphatic heterocycles. The minimum atomic E-state index is -0.622. The monoisotopic (exact) mass is 360 g/mol. The van der Waals surface area contributed by atoms with Gasteiger partial charge in [-0.15, -0.1) is 0 Å². The summed E-state index contributed by atoms with van der Waals surface area (Å²) in [5.74, 6) is -0.439. The number of carbonyl (C=O) groups is 3. The van der Waals surface area contributed by atoms with Crippen molar-refractivity contribution in [2.45, 2.75) is 12.5 Å². The van der Waals surface area contributed by atoms with Crippen LogP contribution >= 0.6 is 0 Å². The average molecular weight is 360 g/mol. The lowest BCUT2D eigenvalue weighted by atomic mass is 10.1. The van der Waals surface area contributed by atoms with E-state index in [2.05, 4.69) is 10.6 Å². The molecule has 0 saturated carbocycles. The van der Waals surface area contributed by atoms with Crippen LogP contribution in [-0.2, 0) is 14.4 Å². The Morgan fingerprint density at radius 3 is 2.92 bits per heavy atom. The Morgan fingerprint density at radius 2 is 2.19 bits per heavy atom. The molecule has 1 aliphatic rings. The summed E-state index contributed by atoms with van der Waals surface area (Å²) < 4.78 is 5.31. The van der Waals surface area contributed by atoms with Crippen LogP contribution in [0.1, 0.15) is 12.0 Å². The first kappa shape index (κ1) is 19.5. The smallest absolute Gasteiger partial charge is 0.237 e. The summed E-state index contributed by atoms with van der Waals surface area (Å²) in [7, 11) is 1.61. The van der Waals surface area contributed by atoms with Crippen molar-refractivity contribution in [1.29, 1.82) is 0 Å². The van der Waals surface area contributed by atoms with Gasteiger partial charge in [0.05, 0.1) is 26.1 Å². The summed E-state index contributed by atoms with van der Waals surface area (Å²) in [6.07, 6.45) is 3.84. The normalized spacial score (nSPS) is 17.7. The molecule has 1 aromatic carbocycles. The number of para-hydroxylation sites is 1. The number of methoxy groups -OCH3 is 1. The van der Waals surface area contributed by atoms with Crippen LogP contribution in [0.4, 0.5) is 0 Å². The highest BCUT2D eigenvalue weighted by atomic mass is 16.5. The molecule has 1 saturated heterocycles. The number of hydrogen-bond acceptors (Lipinski definition) is 5. The Bertz CT molecular complexity index is 690. The van der Waals surface area contributed by atoms with Crippen molar-refractivity contribution in [1.82, 2.24) is 15.5 Å². The largest absolute Gasteiger partial charge is 0.496 e. The second-order valence-electron chi connectivity index (χ2n) is 5.89. The Morgan fingerprint density at radius 1 is 1.42 bits per heavy atom. The molecule has 4 N–H and O–H groups in total. The summed E-state index contributed by atoms with van der Waals surface area (Å²) in [5, 5.41) is 5.18. The fourth-order valence-electron chi connectivity index (χ4n) is 2.76. The highest BCUT2D eigenvalue weighted by molar-refractivity contribution is 5.90. The molecule has 1 heterocycles. The second-order valence-corrected chi connectivity index (χ2v) is 5.89. The van der Waals surface area contributed by atoms with Crippen molar-refractivity contribution in [2.24, 2.45) is 5.73 Å². The number of hydrogen-bond donors (Lipinski definition) is 3. The Kier molecular flexibility index (Phi) is 7.16. The highest BCUT2D eigenvalue weighted by Gasteiger charge is 2.30. The number of nitrogens with zero attached hydrogens (tertiary/aromatic N) is 1. The van der Waals surface area contributed by atoms with Gasteiger partial charge in [-0.2, -0.15) is 0 Å². The fourth-order valence-corrected chi connectivity index (χ4v) is 2.76. The Hall–Kier alpha value is -2.87. The van der Waals surface area contributed by atoms with Crippen molar-refractivity contribution in [2.75, 3.05) is 33.3 Å². The van der Waals surface area contributed by atoms with Gasteiger partial charge in [-0.3, -0.25) is 19.3 Å². The molecule has 8 nitrogen and oxygen atoms in total. The lowest BCUT2D eigenvalue weighted by Gasteiger charge is -2.33. The molecule has 8 heteroatoms. The molecule has 3 amide bonds. The molecule has 140 valence electrons. The van der Waals surface area contributed by atoms with E-state index in [1.807, 2.05) is 41.3 Å². The van der Waals surface area contributed by atoms with E-state index in [1.54, 1.807) is 7.11 Å². The van der Waals surface area contributed by atoms with E-state index in [4.69, 9.17) is 10.5 Å². The predicted octanol–water partition coefficient (Wildman–Crippen LogP) is -0.500. The molecule has 1 aromatic rings. The summed E-state index contributed by atoms with van der Waals surface area (Å²) in [4.78, 5) is 36.7. The van der Waals surface area contributed by atoms with Crippen molar-refractivity contribution in [3.05, 3.63) is 35.9 Å². The number of benzene rings is 1. The summed E-state index contributed by atoms with van der Waals surface area (Å²) in [6, 6.07) is 7.04. The predicted molar refractivity (Wildman–Crippen MR) is 97.2 cm³/mol. The van der Waals surface area contributed by atoms with Crippen LogP contribution in [0.3, 0.4) is 0 Å². The average Bonchev–Trinajstić information content (AvgIpc) is 2.63. The molecule has 1 atom stereocenters. The maximum Gasteiger partial charge on any atom is 0.237 e. The molecule has 26 heavy (non-hydrogen) atoms. The summed E-state index contributed by atoms with van der Waals surface area (Å²) in [5.41, 5.74) is 5.95. The van der Waals surface area contributed by atoms with E-state index in [0.717, 1.165) is 11.3 Å². The van der Waals surface area contributed by atoms with E-state index in [1.165, 1.54) is 0 Å². The molecule has 0 radical (unpaired) electrons. The van der Waals surface area contributed by atoms with Gasteiger partial charge in [0.1, 0.15) is 5.75 Å². The Labute approximate surface area is 152 Å². The highest BCUT2D eigenvalue weighted by Crippen LogP contribution is 2.19. The number of carbonyl (C=O) groups excluding carboxylic acids is 3. The van der Waals surface area contributed by atoms with Crippen LogP contribution in [0.25, 0.3) is 6.08 Å². The third kappa shape index (κ3) is 5.59. The SMILES string of the molecule is COc1ccccc1/C=C/CN1CCNC(=O)[C@H]1CC(=O)NCC(N)=O. The number of nitrogens with two attached hydrogens (primary N) is 1. The van der Waals surface area contributed by atoms with Crippen LogP contribution in [0.2, 0.25) is 0 Å². The van der Waals surface area contributed by atoms with Crippen LogP contribution < -0.4 is 21.1 Å². The molecular formula is C18H24N4O4. The maximum atomic E-state index is 12.1. The van der Waals surface area contributed by atoms with Gasteiger partial charge < -0.3 is 21.1 Å². The number of piperazine rings is 1. The van der Waals surface area contributed by atoms with Gasteiger partial charge in [0.25, 0.3) is 0 Å². The van der Waals surface area contributed by atoms with Crippen LogP contribution in [0.15, 0.2) is 30.3 Å². The molecule has 0 bridgehead atoms. The van der Waals surface area contributed by atoms with Crippen molar-refractivity contribution < 1.29 is 19.1 Å². The van der Waals surface area contributed by atoms with E-state index in [9.17, 15) is 14.4 Å². The van der Waals surface area contributed by atoms with Gasteiger partial charge in [-0.25, -0.2) is 0 Å². The fraction of sp³-hybridized carbons (Fsp3) is 0.389. The first-order valence-corrected chi connectivity index (χ1v) is 8.37. The van der Waals surface area contributed by atoms with Crippen molar-refractivity contribution >= 4 is 23.8 Å². The van der Waals surface area contributed by atoms with Gasteiger partial charge in [0.2, 0.25) is 17.7 Å². The molecule has 0 aliphatic carbocycles. The Balaban J connectivity index is 1.98. The quantitative estimate of drug-likeness (QED) is 0.578. The number of primary amides is 1. The first-order valence-electron chi connectivity index (χ1n) is 8.37. The first-order chi connectivity index (χ1) is 12.5. The third-order valence-corrected chi connectivity index (χ3v) is 4.06. The molecular weight excluding hydrogens is 336 g/mol. The van der Waals surface area contributed by atoms with Gasteiger partial charge in [-0.1, -0.05) is 30.4 Å².